The highest BCUT2D eigenvalue weighted by molar-refractivity contribution is 5.84. The van der Waals surface area contributed by atoms with E-state index in [2.05, 4.69) is 30.7 Å². The molecular formula is C14H18N2O2. The smallest absolute Gasteiger partial charge is 0.126 e. The van der Waals surface area contributed by atoms with Gasteiger partial charge in [0, 0.05) is 22.4 Å². The van der Waals surface area contributed by atoms with E-state index in [-0.39, 0.29) is 12.0 Å². The van der Waals surface area contributed by atoms with Gasteiger partial charge < -0.3 is 9.84 Å². The molecule has 4 heteroatoms. The van der Waals surface area contributed by atoms with E-state index in [1.54, 1.807) is 13.4 Å². The van der Waals surface area contributed by atoms with Crippen LogP contribution in [-0.4, -0.2) is 22.2 Å². The minimum atomic E-state index is -0.0670. The Balaban J connectivity index is 2.77. The Morgan fingerprint density at radius 3 is 2.50 bits per heavy atom. The maximum Gasteiger partial charge on any atom is 0.126 e. The number of aliphatic hydroxyl groups is 1. The van der Waals surface area contributed by atoms with E-state index >= 15 is 0 Å². The fourth-order valence-electron chi connectivity index (χ4n) is 2.04. The minimum absolute atomic E-state index is 0.0579. The van der Waals surface area contributed by atoms with Crippen LogP contribution in [0.5, 0.6) is 5.75 Å². The summed E-state index contributed by atoms with van der Waals surface area (Å²) in [5.41, 5.74) is 2.50. The summed E-state index contributed by atoms with van der Waals surface area (Å²) in [5.74, 6) is 0.656. The van der Waals surface area contributed by atoms with Crippen molar-refractivity contribution in [3.63, 3.8) is 0 Å². The lowest BCUT2D eigenvalue weighted by molar-refractivity contribution is 0.274. The van der Waals surface area contributed by atoms with Crippen LogP contribution in [0.25, 0.3) is 10.9 Å². The van der Waals surface area contributed by atoms with E-state index in [0.29, 0.717) is 5.75 Å². The second kappa shape index (κ2) is 4.53. The SMILES string of the molecule is COc1cc2ncnc(C(C)(C)C)c2cc1CO. The first-order chi connectivity index (χ1) is 8.47. The highest BCUT2D eigenvalue weighted by atomic mass is 16.5. The Morgan fingerprint density at radius 1 is 1.22 bits per heavy atom. The third-order valence-corrected chi connectivity index (χ3v) is 2.92. The molecule has 0 amide bonds. The fourth-order valence-corrected chi connectivity index (χ4v) is 2.04. The van der Waals surface area contributed by atoms with E-state index in [1.165, 1.54) is 0 Å². The molecule has 0 bridgehead atoms. The van der Waals surface area contributed by atoms with Gasteiger partial charge in [0.2, 0.25) is 0 Å². The number of rotatable bonds is 2. The number of nitrogens with zero attached hydrogens (tertiary/aromatic N) is 2. The first kappa shape index (κ1) is 12.8. The van der Waals surface area contributed by atoms with Crippen molar-refractivity contribution in [2.45, 2.75) is 32.8 Å². The molecule has 1 aromatic heterocycles. The Kier molecular flexibility index (Phi) is 3.22. The summed E-state index contributed by atoms with van der Waals surface area (Å²) in [4.78, 5) is 8.64. The predicted molar refractivity (Wildman–Crippen MR) is 70.7 cm³/mol. The van der Waals surface area contributed by atoms with Gasteiger partial charge in [-0.3, -0.25) is 0 Å². The number of aromatic nitrogens is 2. The van der Waals surface area contributed by atoms with Gasteiger partial charge in [0.15, 0.2) is 0 Å². The van der Waals surface area contributed by atoms with Crippen molar-refractivity contribution in [2.75, 3.05) is 7.11 Å². The van der Waals surface area contributed by atoms with Crippen LogP contribution < -0.4 is 4.74 Å². The zero-order chi connectivity index (χ0) is 13.3. The first-order valence-corrected chi connectivity index (χ1v) is 5.90. The van der Waals surface area contributed by atoms with E-state index in [4.69, 9.17) is 4.74 Å². The van der Waals surface area contributed by atoms with Gasteiger partial charge in [-0.2, -0.15) is 0 Å². The molecule has 0 aliphatic heterocycles. The highest BCUT2D eigenvalue weighted by Gasteiger charge is 2.20. The quantitative estimate of drug-likeness (QED) is 0.884. The van der Waals surface area contributed by atoms with Gasteiger partial charge in [-0.15, -0.1) is 0 Å². The molecule has 0 aliphatic carbocycles. The average Bonchev–Trinajstić information content (AvgIpc) is 2.35. The maximum absolute atomic E-state index is 9.38. The van der Waals surface area contributed by atoms with Crippen LogP contribution in [0, 0.1) is 0 Å². The van der Waals surface area contributed by atoms with Crippen molar-refractivity contribution in [3.8, 4) is 5.75 Å². The Bertz CT molecular complexity index is 574. The molecule has 1 aromatic carbocycles. The van der Waals surface area contributed by atoms with Crippen LogP contribution >= 0.6 is 0 Å². The Morgan fingerprint density at radius 2 is 1.94 bits per heavy atom. The molecule has 2 aromatic rings. The molecule has 1 N–H and O–H groups in total. The van der Waals surface area contributed by atoms with Crippen molar-refractivity contribution in [2.24, 2.45) is 0 Å². The average molecular weight is 246 g/mol. The van der Waals surface area contributed by atoms with Crippen LogP contribution in [0.15, 0.2) is 18.5 Å². The molecule has 0 aliphatic rings. The lowest BCUT2D eigenvalue weighted by Gasteiger charge is -2.20. The Hall–Kier alpha value is -1.68. The van der Waals surface area contributed by atoms with Crippen molar-refractivity contribution in [1.29, 1.82) is 0 Å². The van der Waals surface area contributed by atoms with E-state index in [0.717, 1.165) is 22.2 Å². The third kappa shape index (κ3) is 2.16. The fraction of sp³-hybridized carbons (Fsp3) is 0.429. The maximum atomic E-state index is 9.38. The van der Waals surface area contributed by atoms with E-state index in [9.17, 15) is 5.11 Å². The van der Waals surface area contributed by atoms with Crippen molar-refractivity contribution < 1.29 is 9.84 Å². The van der Waals surface area contributed by atoms with Crippen LogP contribution in [-0.2, 0) is 12.0 Å². The first-order valence-electron chi connectivity index (χ1n) is 5.90. The number of methoxy groups -OCH3 is 1. The number of benzene rings is 1. The van der Waals surface area contributed by atoms with Gasteiger partial charge in [0.05, 0.1) is 24.9 Å². The topological polar surface area (TPSA) is 55.2 Å². The summed E-state index contributed by atoms with van der Waals surface area (Å²) < 4.78 is 5.25. The second-order valence-electron chi connectivity index (χ2n) is 5.31. The summed E-state index contributed by atoms with van der Waals surface area (Å²) in [5, 5.41) is 10.3. The normalized spacial score (nSPS) is 11.8. The van der Waals surface area contributed by atoms with Crippen LogP contribution in [0.2, 0.25) is 0 Å². The number of hydrogen-bond acceptors (Lipinski definition) is 4. The van der Waals surface area contributed by atoms with E-state index in [1.807, 2.05) is 12.1 Å². The van der Waals surface area contributed by atoms with Crippen molar-refractivity contribution in [1.82, 2.24) is 9.97 Å². The molecule has 0 saturated heterocycles. The molecule has 2 rings (SSSR count). The van der Waals surface area contributed by atoms with E-state index < -0.39 is 0 Å². The summed E-state index contributed by atoms with van der Waals surface area (Å²) in [6.07, 6.45) is 1.57. The van der Waals surface area contributed by atoms with Gasteiger partial charge in [-0.05, 0) is 6.07 Å². The summed E-state index contributed by atoms with van der Waals surface area (Å²) in [7, 11) is 1.59. The van der Waals surface area contributed by atoms with Crippen molar-refractivity contribution in [3.05, 3.63) is 29.7 Å². The molecule has 0 spiro atoms. The van der Waals surface area contributed by atoms with Crippen LogP contribution in [0.4, 0.5) is 0 Å². The number of fused-ring (bicyclic) bond motifs is 1. The lowest BCUT2D eigenvalue weighted by Crippen LogP contribution is -2.14. The number of aliphatic hydroxyl groups excluding tert-OH is 1. The molecule has 1 heterocycles. The largest absolute Gasteiger partial charge is 0.496 e. The molecule has 0 saturated carbocycles. The molecule has 0 unspecified atom stereocenters. The van der Waals surface area contributed by atoms with Gasteiger partial charge in [-0.25, -0.2) is 9.97 Å². The minimum Gasteiger partial charge on any atom is -0.496 e. The zero-order valence-electron chi connectivity index (χ0n) is 11.2. The van der Waals surface area contributed by atoms with Gasteiger partial charge in [-0.1, -0.05) is 20.8 Å². The van der Waals surface area contributed by atoms with Gasteiger partial charge in [0.25, 0.3) is 0 Å². The predicted octanol–water partition coefficient (Wildman–Crippen LogP) is 2.43. The molecule has 4 nitrogen and oxygen atoms in total. The molecular weight excluding hydrogens is 228 g/mol. The molecule has 0 radical (unpaired) electrons. The lowest BCUT2D eigenvalue weighted by atomic mass is 9.88. The molecule has 96 valence electrons. The van der Waals surface area contributed by atoms with Crippen molar-refractivity contribution >= 4 is 10.9 Å². The second-order valence-corrected chi connectivity index (χ2v) is 5.31. The standard InChI is InChI=1S/C14H18N2O2/c1-14(2,3)13-10-5-9(7-17)12(18-4)6-11(10)15-8-16-13/h5-6,8,17H,7H2,1-4H3. The molecule has 18 heavy (non-hydrogen) atoms. The molecule has 0 fully saturated rings. The number of hydrogen-bond donors (Lipinski definition) is 1. The van der Waals surface area contributed by atoms with Crippen LogP contribution in [0.1, 0.15) is 32.0 Å². The van der Waals surface area contributed by atoms with Gasteiger partial charge in [0.1, 0.15) is 12.1 Å². The zero-order valence-corrected chi connectivity index (χ0v) is 11.2. The monoisotopic (exact) mass is 246 g/mol. The number of ether oxygens (including phenoxy) is 1. The Labute approximate surface area is 107 Å². The summed E-state index contributed by atoms with van der Waals surface area (Å²) in [6.45, 7) is 6.27. The van der Waals surface area contributed by atoms with Crippen LogP contribution in [0.3, 0.4) is 0 Å². The van der Waals surface area contributed by atoms with Gasteiger partial charge >= 0.3 is 0 Å². The highest BCUT2D eigenvalue weighted by Crippen LogP contribution is 2.31. The summed E-state index contributed by atoms with van der Waals surface area (Å²) >= 11 is 0. The third-order valence-electron chi connectivity index (χ3n) is 2.92. The molecule has 0 atom stereocenters. The summed E-state index contributed by atoms with van der Waals surface area (Å²) in [6, 6.07) is 3.76.